The minimum Gasteiger partial charge on any atom is -0.324 e. The van der Waals surface area contributed by atoms with Crippen LogP contribution in [0, 0.1) is 5.92 Å². The predicted octanol–water partition coefficient (Wildman–Crippen LogP) is 2.16. The smallest absolute Gasteiger partial charge is 0.241 e. The number of pyridine rings is 1. The summed E-state index contributed by atoms with van der Waals surface area (Å²) in [5, 5.41) is 4.84. The van der Waals surface area contributed by atoms with Gasteiger partial charge in [-0.05, 0) is 18.1 Å². The lowest BCUT2D eigenvalue weighted by Gasteiger charge is -2.16. The molecule has 3 N–H and O–H groups in total. The van der Waals surface area contributed by atoms with Crippen LogP contribution in [0.1, 0.15) is 13.8 Å². The lowest BCUT2D eigenvalue weighted by molar-refractivity contribution is -0.118. The molecule has 1 aromatic carbocycles. The highest BCUT2D eigenvalue weighted by atomic mass is 16.2. The first-order chi connectivity index (χ1) is 8.59. The first-order valence-electron chi connectivity index (χ1n) is 5.99. The molecule has 2 aromatic rings. The number of anilines is 1. The number of benzene rings is 1. The number of nitrogens with zero attached hydrogens (tertiary/aromatic N) is 1. The maximum Gasteiger partial charge on any atom is 0.241 e. The van der Waals surface area contributed by atoms with Gasteiger partial charge in [0.15, 0.2) is 0 Å². The molecule has 4 nitrogen and oxygen atoms in total. The van der Waals surface area contributed by atoms with E-state index < -0.39 is 6.04 Å². The minimum atomic E-state index is -0.498. The number of hydrogen-bond acceptors (Lipinski definition) is 3. The number of carbonyl (C=O) groups excluding carboxylic acids is 1. The number of rotatable bonds is 3. The van der Waals surface area contributed by atoms with Crippen LogP contribution >= 0.6 is 0 Å². The van der Waals surface area contributed by atoms with Crippen molar-refractivity contribution in [3.63, 3.8) is 0 Å². The summed E-state index contributed by atoms with van der Waals surface area (Å²) in [5.74, 6) is -0.0454. The normalized spacial score (nSPS) is 12.7. The molecule has 0 saturated heterocycles. The van der Waals surface area contributed by atoms with E-state index >= 15 is 0 Å². The molecular formula is C14H17N3O. The Morgan fingerprint density at radius 3 is 2.83 bits per heavy atom. The Bertz CT molecular complexity index is 560. The van der Waals surface area contributed by atoms with Crippen molar-refractivity contribution < 1.29 is 4.79 Å². The van der Waals surface area contributed by atoms with Crippen LogP contribution in [-0.4, -0.2) is 16.9 Å². The summed E-state index contributed by atoms with van der Waals surface area (Å²) < 4.78 is 0. The summed E-state index contributed by atoms with van der Waals surface area (Å²) in [7, 11) is 0. The summed E-state index contributed by atoms with van der Waals surface area (Å²) in [5.41, 5.74) is 6.60. The summed E-state index contributed by atoms with van der Waals surface area (Å²) in [4.78, 5) is 16.0. The molecule has 1 atom stereocenters. The number of nitrogens with one attached hydrogen (secondary N) is 1. The molecule has 2 rings (SSSR count). The van der Waals surface area contributed by atoms with Gasteiger partial charge in [-0.25, -0.2) is 0 Å². The minimum absolute atomic E-state index is 0.113. The van der Waals surface area contributed by atoms with Crippen molar-refractivity contribution in [2.45, 2.75) is 19.9 Å². The van der Waals surface area contributed by atoms with E-state index in [1.54, 1.807) is 12.4 Å². The first-order valence-corrected chi connectivity index (χ1v) is 5.99. The largest absolute Gasteiger partial charge is 0.324 e. The van der Waals surface area contributed by atoms with Crippen molar-refractivity contribution in [2.75, 3.05) is 5.32 Å². The van der Waals surface area contributed by atoms with Gasteiger partial charge in [0.25, 0.3) is 0 Å². The van der Waals surface area contributed by atoms with Crippen LogP contribution in [0.3, 0.4) is 0 Å². The van der Waals surface area contributed by atoms with E-state index in [2.05, 4.69) is 10.3 Å². The second-order valence-corrected chi connectivity index (χ2v) is 4.66. The quantitative estimate of drug-likeness (QED) is 0.868. The van der Waals surface area contributed by atoms with Gasteiger partial charge in [-0.1, -0.05) is 26.0 Å². The van der Waals surface area contributed by atoms with Crippen molar-refractivity contribution in [1.82, 2.24) is 4.98 Å². The Labute approximate surface area is 106 Å². The molecule has 1 aromatic heterocycles. The van der Waals surface area contributed by atoms with Crippen LogP contribution in [0.4, 0.5) is 5.69 Å². The zero-order valence-corrected chi connectivity index (χ0v) is 10.6. The number of hydrogen-bond donors (Lipinski definition) is 2. The summed E-state index contributed by atoms with van der Waals surface area (Å²) in [6.07, 6.45) is 3.48. The second-order valence-electron chi connectivity index (χ2n) is 4.66. The van der Waals surface area contributed by atoms with Crippen LogP contribution in [0.25, 0.3) is 10.8 Å². The van der Waals surface area contributed by atoms with Crippen LogP contribution in [0.5, 0.6) is 0 Å². The van der Waals surface area contributed by atoms with E-state index in [0.29, 0.717) is 0 Å². The van der Waals surface area contributed by atoms with Crippen molar-refractivity contribution >= 4 is 22.4 Å². The molecule has 0 aliphatic rings. The van der Waals surface area contributed by atoms with Gasteiger partial charge in [0, 0.05) is 28.9 Å². The Kier molecular flexibility index (Phi) is 3.58. The van der Waals surface area contributed by atoms with E-state index in [1.165, 1.54) is 0 Å². The Balaban J connectivity index is 2.30. The molecule has 0 saturated carbocycles. The Morgan fingerprint density at radius 1 is 1.33 bits per heavy atom. The van der Waals surface area contributed by atoms with Gasteiger partial charge in [-0.15, -0.1) is 0 Å². The molecule has 0 aliphatic carbocycles. The summed E-state index contributed by atoms with van der Waals surface area (Å²) in [6, 6.07) is 7.10. The van der Waals surface area contributed by atoms with Gasteiger partial charge in [0.05, 0.1) is 6.04 Å². The standard InChI is InChI=1S/C14H17N3O/c1-9(2)13(15)14(18)17-12-5-3-4-10-8-16-7-6-11(10)12/h3-9,13H,15H2,1-2H3,(H,17,18)/t13-/m1/s1. The van der Waals surface area contributed by atoms with Gasteiger partial charge in [-0.3, -0.25) is 9.78 Å². The molecule has 0 bridgehead atoms. The molecule has 1 amide bonds. The maximum absolute atomic E-state index is 11.9. The van der Waals surface area contributed by atoms with Crippen molar-refractivity contribution in [1.29, 1.82) is 0 Å². The third-order valence-electron chi connectivity index (χ3n) is 2.96. The molecule has 94 valence electrons. The SMILES string of the molecule is CC(C)[C@@H](N)C(=O)Nc1cccc2cnccc12. The van der Waals surface area contributed by atoms with Crippen molar-refractivity contribution in [3.05, 3.63) is 36.7 Å². The third kappa shape index (κ3) is 2.49. The van der Waals surface area contributed by atoms with E-state index in [9.17, 15) is 4.79 Å². The lowest BCUT2D eigenvalue weighted by atomic mass is 10.0. The average molecular weight is 243 g/mol. The molecule has 0 aliphatic heterocycles. The van der Waals surface area contributed by atoms with Gasteiger partial charge >= 0.3 is 0 Å². The number of fused-ring (bicyclic) bond motifs is 1. The van der Waals surface area contributed by atoms with Crippen LogP contribution in [-0.2, 0) is 4.79 Å². The molecule has 4 heteroatoms. The molecule has 0 radical (unpaired) electrons. The molecule has 0 spiro atoms. The fourth-order valence-corrected chi connectivity index (χ4v) is 1.75. The van der Waals surface area contributed by atoms with Crippen LogP contribution in [0.15, 0.2) is 36.7 Å². The summed E-state index contributed by atoms with van der Waals surface area (Å²) >= 11 is 0. The van der Waals surface area contributed by atoms with Crippen molar-refractivity contribution in [3.8, 4) is 0 Å². The monoisotopic (exact) mass is 243 g/mol. The zero-order chi connectivity index (χ0) is 13.1. The predicted molar refractivity (Wildman–Crippen MR) is 73.2 cm³/mol. The highest BCUT2D eigenvalue weighted by Crippen LogP contribution is 2.22. The number of aromatic nitrogens is 1. The van der Waals surface area contributed by atoms with E-state index in [-0.39, 0.29) is 11.8 Å². The Morgan fingerprint density at radius 2 is 2.11 bits per heavy atom. The zero-order valence-electron chi connectivity index (χ0n) is 10.6. The van der Waals surface area contributed by atoms with Gasteiger partial charge in [-0.2, -0.15) is 0 Å². The van der Waals surface area contributed by atoms with Crippen molar-refractivity contribution in [2.24, 2.45) is 11.7 Å². The second kappa shape index (κ2) is 5.14. The molecule has 0 fully saturated rings. The van der Waals surface area contributed by atoms with E-state index in [1.807, 2.05) is 38.1 Å². The van der Waals surface area contributed by atoms with Gasteiger partial charge in [0.1, 0.15) is 0 Å². The Hall–Kier alpha value is -1.94. The van der Waals surface area contributed by atoms with E-state index in [4.69, 9.17) is 5.73 Å². The molecule has 18 heavy (non-hydrogen) atoms. The fourth-order valence-electron chi connectivity index (χ4n) is 1.75. The number of nitrogens with two attached hydrogens (primary N) is 1. The van der Waals surface area contributed by atoms with Gasteiger partial charge in [0.2, 0.25) is 5.91 Å². The number of amides is 1. The summed E-state index contributed by atoms with van der Waals surface area (Å²) in [6.45, 7) is 3.86. The maximum atomic E-state index is 11.9. The highest BCUT2D eigenvalue weighted by Gasteiger charge is 2.17. The fraction of sp³-hybridized carbons (Fsp3) is 0.286. The van der Waals surface area contributed by atoms with Crippen LogP contribution in [0.2, 0.25) is 0 Å². The first kappa shape index (κ1) is 12.5. The van der Waals surface area contributed by atoms with Crippen LogP contribution < -0.4 is 11.1 Å². The molecule has 0 unspecified atom stereocenters. The topological polar surface area (TPSA) is 68.0 Å². The molecular weight excluding hydrogens is 226 g/mol. The van der Waals surface area contributed by atoms with E-state index in [0.717, 1.165) is 16.5 Å². The molecule has 1 heterocycles. The number of carbonyl (C=O) groups is 1. The van der Waals surface area contributed by atoms with Gasteiger partial charge < -0.3 is 11.1 Å². The average Bonchev–Trinajstić information content (AvgIpc) is 2.38. The highest BCUT2D eigenvalue weighted by molar-refractivity contribution is 6.03. The third-order valence-corrected chi connectivity index (χ3v) is 2.96. The lowest BCUT2D eigenvalue weighted by Crippen LogP contribution is -2.39.